The number of piperidine rings is 1. The zero-order valence-corrected chi connectivity index (χ0v) is 7.76. The van der Waals surface area contributed by atoms with Crippen LogP contribution in [-0.4, -0.2) is 37.3 Å². The molecule has 1 rings (SSSR count). The highest BCUT2D eigenvalue weighted by atomic mass is 16.4. The number of hydrogen-bond donors (Lipinski definition) is 3. The van der Waals surface area contributed by atoms with Crippen molar-refractivity contribution in [2.24, 2.45) is 0 Å². The molecule has 0 amide bonds. The molecule has 0 aliphatic carbocycles. The van der Waals surface area contributed by atoms with Gasteiger partial charge in [0.2, 0.25) is 0 Å². The van der Waals surface area contributed by atoms with Gasteiger partial charge in [-0.2, -0.15) is 0 Å². The Kier molecular flexibility index (Phi) is 6.70. The molecule has 0 atom stereocenters. The third-order valence-corrected chi connectivity index (χ3v) is 1.75. The Balaban J connectivity index is 0.000000261. The highest BCUT2D eigenvalue weighted by molar-refractivity contribution is 5.62. The van der Waals surface area contributed by atoms with Crippen LogP contribution >= 0.6 is 0 Å². The lowest BCUT2D eigenvalue weighted by molar-refractivity contribution is -0.134. The number of carboxylic acids is 1. The summed E-state index contributed by atoms with van der Waals surface area (Å²) in [6.07, 6.45) is 2.58. The predicted molar refractivity (Wildman–Crippen MR) is 48.3 cm³/mol. The monoisotopic (exact) mass is 174 g/mol. The molecule has 1 heterocycles. The summed E-state index contributed by atoms with van der Waals surface area (Å²) < 4.78 is 0. The Morgan fingerprint density at radius 3 is 2.17 bits per heavy atom. The summed E-state index contributed by atoms with van der Waals surface area (Å²) in [7, 11) is 2.04. The molecule has 4 heteroatoms. The lowest BCUT2D eigenvalue weighted by atomic mass is 10.1. The van der Waals surface area contributed by atoms with Gasteiger partial charge in [0, 0.05) is 13.0 Å². The first-order chi connectivity index (χ1) is 5.66. The van der Waals surface area contributed by atoms with Crippen LogP contribution in [0, 0.1) is 0 Å². The summed E-state index contributed by atoms with van der Waals surface area (Å²) in [5.41, 5.74) is 0. The van der Waals surface area contributed by atoms with Crippen molar-refractivity contribution in [3.8, 4) is 0 Å². The highest BCUT2D eigenvalue weighted by Crippen LogP contribution is 1.99. The van der Waals surface area contributed by atoms with Crippen LogP contribution in [-0.2, 0) is 4.79 Å². The van der Waals surface area contributed by atoms with E-state index < -0.39 is 5.97 Å². The Bertz CT molecular complexity index is 118. The second-order valence-electron chi connectivity index (χ2n) is 2.83. The van der Waals surface area contributed by atoms with E-state index in [1.165, 1.54) is 25.9 Å². The number of rotatable bonds is 1. The van der Waals surface area contributed by atoms with Gasteiger partial charge in [0.05, 0.1) is 0 Å². The minimum absolute atomic E-state index is 0.774. The topological polar surface area (TPSA) is 61.4 Å². The average molecular weight is 174 g/mol. The normalized spacial score (nSPS) is 17.8. The number of carbonyl (C=O) groups is 1. The molecule has 0 unspecified atom stereocenters. The van der Waals surface area contributed by atoms with E-state index in [0.717, 1.165) is 13.0 Å². The van der Waals surface area contributed by atoms with E-state index in [9.17, 15) is 0 Å². The molecule has 0 aromatic heterocycles. The van der Waals surface area contributed by atoms with Crippen molar-refractivity contribution < 1.29 is 9.90 Å². The van der Waals surface area contributed by atoms with Crippen molar-refractivity contribution in [1.29, 1.82) is 0 Å². The van der Waals surface area contributed by atoms with Crippen molar-refractivity contribution in [2.75, 3.05) is 20.1 Å². The lowest BCUT2D eigenvalue weighted by Crippen LogP contribution is -2.37. The summed E-state index contributed by atoms with van der Waals surface area (Å²) in [6.45, 7) is 3.46. The number of carboxylic acid groups (broad SMARTS) is 1. The third-order valence-electron chi connectivity index (χ3n) is 1.75. The van der Waals surface area contributed by atoms with Gasteiger partial charge >= 0.3 is 0 Å². The Hall–Kier alpha value is -0.610. The molecule has 1 fully saturated rings. The predicted octanol–water partition coefficient (Wildman–Crippen LogP) is 0.0487. The molecule has 72 valence electrons. The summed E-state index contributed by atoms with van der Waals surface area (Å²) in [6, 6.07) is 0.774. The maximum atomic E-state index is 9.00. The molecule has 0 aromatic rings. The van der Waals surface area contributed by atoms with Crippen LogP contribution in [0.25, 0.3) is 0 Å². The van der Waals surface area contributed by atoms with Gasteiger partial charge in [-0.1, -0.05) is 0 Å². The minimum atomic E-state index is -0.833. The van der Waals surface area contributed by atoms with E-state index in [2.05, 4.69) is 10.6 Å². The summed E-state index contributed by atoms with van der Waals surface area (Å²) in [4.78, 5) is 9.00. The zero-order valence-electron chi connectivity index (χ0n) is 7.76. The van der Waals surface area contributed by atoms with Crippen molar-refractivity contribution in [3.63, 3.8) is 0 Å². The van der Waals surface area contributed by atoms with E-state index in [4.69, 9.17) is 9.90 Å². The van der Waals surface area contributed by atoms with E-state index in [-0.39, 0.29) is 0 Å². The van der Waals surface area contributed by atoms with Gasteiger partial charge in [-0.15, -0.1) is 0 Å². The van der Waals surface area contributed by atoms with Gasteiger partial charge in [0.1, 0.15) is 0 Å². The molecular weight excluding hydrogens is 156 g/mol. The molecule has 0 bridgehead atoms. The van der Waals surface area contributed by atoms with Crippen molar-refractivity contribution in [3.05, 3.63) is 0 Å². The smallest absolute Gasteiger partial charge is 0.300 e. The fraction of sp³-hybridized carbons (Fsp3) is 0.875. The van der Waals surface area contributed by atoms with Crippen LogP contribution < -0.4 is 10.6 Å². The van der Waals surface area contributed by atoms with Crippen LogP contribution in [0.1, 0.15) is 19.8 Å². The van der Waals surface area contributed by atoms with Gasteiger partial charge < -0.3 is 15.7 Å². The summed E-state index contributed by atoms with van der Waals surface area (Å²) >= 11 is 0. The fourth-order valence-corrected chi connectivity index (χ4v) is 1.11. The van der Waals surface area contributed by atoms with Gasteiger partial charge in [-0.25, -0.2) is 0 Å². The van der Waals surface area contributed by atoms with Gasteiger partial charge in [0.15, 0.2) is 0 Å². The average Bonchev–Trinajstić information content (AvgIpc) is 2.05. The maximum Gasteiger partial charge on any atom is 0.300 e. The van der Waals surface area contributed by atoms with Crippen molar-refractivity contribution in [2.45, 2.75) is 25.8 Å². The van der Waals surface area contributed by atoms with Crippen molar-refractivity contribution >= 4 is 5.97 Å². The van der Waals surface area contributed by atoms with Gasteiger partial charge in [-0.05, 0) is 33.0 Å². The Labute approximate surface area is 73.3 Å². The second kappa shape index (κ2) is 7.06. The number of hydrogen-bond acceptors (Lipinski definition) is 3. The molecule has 1 aliphatic rings. The Morgan fingerprint density at radius 1 is 1.50 bits per heavy atom. The van der Waals surface area contributed by atoms with E-state index in [0.29, 0.717) is 0 Å². The SMILES string of the molecule is CC(=O)O.CNC1CCNCC1. The molecule has 0 spiro atoms. The van der Waals surface area contributed by atoms with Gasteiger partial charge in [0.25, 0.3) is 5.97 Å². The standard InChI is InChI=1S/C6H14N2.C2H4O2/c1-7-6-2-4-8-5-3-6;1-2(3)4/h6-8H,2-5H2,1H3;1H3,(H,3,4). The van der Waals surface area contributed by atoms with Crippen LogP contribution in [0.3, 0.4) is 0 Å². The van der Waals surface area contributed by atoms with Crippen LogP contribution in [0.5, 0.6) is 0 Å². The molecule has 0 radical (unpaired) electrons. The molecule has 1 saturated heterocycles. The number of aliphatic carboxylic acids is 1. The molecule has 12 heavy (non-hydrogen) atoms. The fourth-order valence-electron chi connectivity index (χ4n) is 1.11. The van der Waals surface area contributed by atoms with E-state index in [1.807, 2.05) is 7.05 Å². The zero-order chi connectivity index (χ0) is 9.40. The lowest BCUT2D eigenvalue weighted by Gasteiger charge is -2.21. The van der Waals surface area contributed by atoms with Gasteiger partial charge in [-0.3, -0.25) is 4.79 Å². The van der Waals surface area contributed by atoms with Crippen LogP contribution in [0.15, 0.2) is 0 Å². The first-order valence-corrected chi connectivity index (χ1v) is 4.24. The van der Waals surface area contributed by atoms with Crippen molar-refractivity contribution in [1.82, 2.24) is 10.6 Å². The first kappa shape index (κ1) is 11.4. The highest BCUT2D eigenvalue weighted by Gasteiger charge is 2.08. The van der Waals surface area contributed by atoms with Crippen LogP contribution in [0.4, 0.5) is 0 Å². The molecule has 0 saturated carbocycles. The third kappa shape index (κ3) is 7.50. The second-order valence-corrected chi connectivity index (χ2v) is 2.83. The summed E-state index contributed by atoms with van der Waals surface area (Å²) in [5, 5.41) is 14.0. The maximum absolute atomic E-state index is 9.00. The molecule has 4 nitrogen and oxygen atoms in total. The van der Waals surface area contributed by atoms with E-state index >= 15 is 0 Å². The van der Waals surface area contributed by atoms with Crippen LogP contribution in [0.2, 0.25) is 0 Å². The quantitative estimate of drug-likeness (QED) is 0.525. The number of nitrogens with one attached hydrogen (secondary N) is 2. The molecular formula is C8H18N2O2. The Morgan fingerprint density at radius 2 is 1.92 bits per heavy atom. The molecule has 1 aliphatic heterocycles. The largest absolute Gasteiger partial charge is 0.481 e. The molecule has 0 aromatic carbocycles. The first-order valence-electron chi connectivity index (χ1n) is 4.24. The summed E-state index contributed by atoms with van der Waals surface area (Å²) in [5.74, 6) is -0.833. The molecule has 3 N–H and O–H groups in total. The van der Waals surface area contributed by atoms with E-state index in [1.54, 1.807) is 0 Å². The minimum Gasteiger partial charge on any atom is -0.481 e.